The van der Waals surface area contributed by atoms with E-state index in [1.54, 1.807) is 13.0 Å². The van der Waals surface area contributed by atoms with Crippen molar-refractivity contribution in [1.82, 2.24) is 0 Å². The van der Waals surface area contributed by atoms with Gasteiger partial charge in [0.2, 0.25) is 0 Å². The van der Waals surface area contributed by atoms with Gasteiger partial charge in [-0.05, 0) is 37.5 Å². The zero-order valence-corrected chi connectivity index (χ0v) is 8.15. The molecule has 1 aromatic carbocycles. The number of carbonyl (C=O) groups is 1. The van der Waals surface area contributed by atoms with Crippen LogP contribution in [0.4, 0.5) is 4.39 Å². The number of Topliss-reactive ketones (excluding diaryl/α,β-unsaturated/α-hetero) is 1. The van der Waals surface area contributed by atoms with Crippen LogP contribution in [0.15, 0.2) is 12.1 Å². The van der Waals surface area contributed by atoms with E-state index >= 15 is 0 Å². The average Bonchev–Trinajstić information content (AvgIpc) is 2.05. The molecule has 0 aliphatic carbocycles. The molecule has 1 rings (SSSR count). The van der Waals surface area contributed by atoms with E-state index in [4.69, 9.17) is 0 Å². The van der Waals surface area contributed by atoms with Crippen molar-refractivity contribution in [2.24, 2.45) is 0 Å². The Morgan fingerprint density at radius 1 is 1.31 bits per heavy atom. The van der Waals surface area contributed by atoms with Crippen molar-refractivity contribution in [2.75, 3.05) is 0 Å². The standard InChI is InChI=1S/C11H13FO/c1-7-4-5-8(2)11(12)10(7)6-9(3)13/h4-5H,6H2,1-3H3. The molecule has 0 radical (unpaired) electrons. The number of halogens is 1. The maximum atomic E-state index is 13.5. The molecule has 0 saturated heterocycles. The monoisotopic (exact) mass is 180 g/mol. The van der Waals surface area contributed by atoms with Gasteiger partial charge in [0, 0.05) is 6.42 Å². The second kappa shape index (κ2) is 3.69. The highest BCUT2D eigenvalue weighted by molar-refractivity contribution is 5.78. The third kappa shape index (κ3) is 2.14. The number of hydrogen-bond acceptors (Lipinski definition) is 1. The van der Waals surface area contributed by atoms with Crippen LogP contribution in [0, 0.1) is 19.7 Å². The summed E-state index contributed by atoms with van der Waals surface area (Å²) in [7, 11) is 0. The Labute approximate surface area is 77.6 Å². The third-order valence-corrected chi connectivity index (χ3v) is 2.10. The van der Waals surface area contributed by atoms with Gasteiger partial charge >= 0.3 is 0 Å². The quantitative estimate of drug-likeness (QED) is 0.683. The van der Waals surface area contributed by atoms with E-state index in [-0.39, 0.29) is 18.0 Å². The first-order valence-electron chi connectivity index (χ1n) is 4.26. The van der Waals surface area contributed by atoms with Crippen LogP contribution in [0.5, 0.6) is 0 Å². The number of carbonyl (C=O) groups excluding carboxylic acids is 1. The average molecular weight is 180 g/mol. The van der Waals surface area contributed by atoms with E-state index in [0.29, 0.717) is 11.1 Å². The van der Waals surface area contributed by atoms with Gasteiger partial charge in [0.25, 0.3) is 0 Å². The third-order valence-electron chi connectivity index (χ3n) is 2.10. The summed E-state index contributed by atoms with van der Waals surface area (Å²) in [5.74, 6) is -0.247. The molecule has 0 atom stereocenters. The zero-order valence-electron chi connectivity index (χ0n) is 8.15. The fourth-order valence-electron chi connectivity index (χ4n) is 1.30. The number of aryl methyl sites for hydroxylation is 2. The first-order valence-corrected chi connectivity index (χ1v) is 4.26. The molecule has 0 spiro atoms. The molecule has 0 aromatic heterocycles. The van der Waals surface area contributed by atoms with Gasteiger partial charge < -0.3 is 0 Å². The lowest BCUT2D eigenvalue weighted by molar-refractivity contribution is -0.116. The van der Waals surface area contributed by atoms with Crippen molar-refractivity contribution in [3.05, 3.63) is 34.6 Å². The van der Waals surface area contributed by atoms with Crippen LogP contribution in [0.3, 0.4) is 0 Å². The summed E-state index contributed by atoms with van der Waals surface area (Å²) >= 11 is 0. The molecule has 70 valence electrons. The summed E-state index contributed by atoms with van der Waals surface area (Å²) in [6, 6.07) is 3.57. The normalized spacial score (nSPS) is 10.2. The summed E-state index contributed by atoms with van der Waals surface area (Å²) in [5.41, 5.74) is 1.98. The zero-order chi connectivity index (χ0) is 10.0. The topological polar surface area (TPSA) is 17.1 Å². The molecular formula is C11H13FO. The fourth-order valence-corrected chi connectivity index (χ4v) is 1.30. The molecule has 0 N–H and O–H groups in total. The first-order chi connectivity index (χ1) is 6.02. The predicted molar refractivity (Wildman–Crippen MR) is 50.3 cm³/mol. The van der Waals surface area contributed by atoms with Crippen LogP contribution in [0.25, 0.3) is 0 Å². The first kappa shape index (κ1) is 9.90. The molecule has 13 heavy (non-hydrogen) atoms. The van der Waals surface area contributed by atoms with E-state index in [2.05, 4.69) is 0 Å². The van der Waals surface area contributed by atoms with Crippen LogP contribution in [0.1, 0.15) is 23.6 Å². The van der Waals surface area contributed by atoms with Crippen molar-refractivity contribution < 1.29 is 9.18 Å². The Kier molecular flexibility index (Phi) is 2.81. The molecular weight excluding hydrogens is 167 g/mol. The van der Waals surface area contributed by atoms with Crippen LogP contribution in [-0.4, -0.2) is 5.78 Å². The van der Waals surface area contributed by atoms with Crippen molar-refractivity contribution in [3.63, 3.8) is 0 Å². The van der Waals surface area contributed by atoms with Gasteiger partial charge in [-0.15, -0.1) is 0 Å². The number of hydrogen-bond donors (Lipinski definition) is 0. The van der Waals surface area contributed by atoms with Crippen LogP contribution < -0.4 is 0 Å². The van der Waals surface area contributed by atoms with E-state index in [0.717, 1.165) is 5.56 Å². The van der Waals surface area contributed by atoms with Crippen molar-refractivity contribution in [3.8, 4) is 0 Å². The summed E-state index contributed by atoms with van der Waals surface area (Å²) in [6.45, 7) is 5.00. The van der Waals surface area contributed by atoms with E-state index in [1.807, 2.05) is 13.0 Å². The van der Waals surface area contributed by atoms with Crippen LogP contribution in [0.2, 0.25) is 0 Å². The van der Waals surface area contributed by atoms with Gasteiger partial charge in [-0.3, -0.25) is 4.79 Å². The van der Waals surface area contributed by atoms with Crippen molar-refractivity contribution >= 4 is 5.78 Å². The molecule has 0 bridgehead atoms. The van der Waals surface area contributed by atoms with Gasteiger partial charge in [0.15, 0.2) is 0 Å². The molecule has 0 unspecified atom stereocenters. The minimum atomic E-state index is -0.241. The summed E-state index contributed by atoms with van der Waals surface area (Å²) in [6.07, 6.45) is 0.194. The largest absolute Gasteiger partial charge is 0.300 e. The molecule has 0 saturated carbocycles. The second-order valence-corrected chi connectivity index (χ2v) is 3.37. The minimum absolute atomic E-state index is 0.00685. The van der Waals surface area contributed by atoms with Gasteiger partial charge in [-0.2, -0.15) is 0 Å². The minimum Gasteiger partial charge on any atom is -0.300 e. The lowest BCUT2D eigenvalue weighted by Crippen LogP contribution is -2.03. The van der Waals surface area contributed by atoms with Crippen LogP contribution >= 0.6 is 0 Å². The highest BCUT2D eigenvalue weighted by atomic mass is 19.1. The summed E-state index contributed by atoms with van der Waals surface area (Å²) in [4.78, 5) is 10.9. The maximum absolute atomic E-state index is 13.5. The molecule has 0 amide bonds. The fraction of sp³-hybridized carbons (Fsp3) is 0.364. The Hall–Kier alpha value is -1.18. The molecule has 0 heterocycles. The van der Waals surface area contributed by atoms with E-state index in [1.165, 1.54) is 6.92 Å². The molecule has 0 aliphatic rings. The van der Waals surface area contributed by atoms with E-state index < -0.39 is 0 Å². The Balaban J connectivity index is 3.17. The van der Waals surface area contributed by atoms with E-state index in [9.17, 15) is 9.18 Å². The van der Waals surface area contributed by atoms with Crippen molar-refractivity contribution in [1.29, 1.82) is 0 Å². The van der Waals surface area contributed by atoms with Gasteiger partial charge in [0.1, 0.15) is 11.6 Å². The SMILES string of the molecule is CC(=O)Cc1c(C)ccc(C)c1F. The predicted octanol–water partition coefficient (Wildman–Crippen LogP) is 2.57. The highest BCUT2D eigenvalue weighted by Gasteiger charge is 2.09. The number of ketones is 1. The summed E-state index contributed by atoms with van der Waals surface area (Å²) in [5, 5.41) is 0. The Morgan fingerprint density at radius 3 is 2.38 bits per heavy atom. The summed E-state index contributed by atoms with van der Waals surface area (Å²) < 4.78 is 13.5. The van der Waals surface area contributed by atoms with Gasteiger partial charge in [0.05, 0.1) is 0 Å². The lowest BCUT2D eigenvalue weighted by atomic mass is 10.0. The highest BCUT2D eigenvalue weighted by Crippen LogP contribution is 2.17. The molecule has 1 aromatic rings. The maximum Gasteiger partial charge on any atom is 0.134 e. The molecule has 0 aliphatic heterocycles. The molecule has 2 heteroatoms. The van der Waals surface area contributed by atoms with Crippen molar-refractivity contribution in [2.45, 2.75) is 27.2 Å². The van der Waals surface area contributed by atoms with Gasteiger partial charge in [-0.25, -0.2) is 4.39 Å². The smallest absolute Gasteiger partial charge is 0.134 e. The second-order valence-electron chi connectivity index (χ2n) is 3.37. The lowest BCUT2D eigenvalue weighted by Gasteiger charge is -2.07. The molecule has 1 nitrogen and oxygen atoms in total. The molecule has 0 fully saturated rings. The van der Waals surface area contributed by atoms with Crippen LogP contribution in [-0.2, 0) is 11.2 Å². The van der Waals surface area contributed by atoms with Gasteiger partial charge in [-0.1, -0.05) is 12.1 Å². The Morgan fingerprint density at radius 2 is 1.85 bits per heavy atom. The number of rotatable bonds is 2. The number of benzene rings is 1. The Bertz CT molecular complexity index is 342.